The quantitative estimate of drug-likeness (QED) is 0.447. The van der Waals surface area contributed by atoms with Gasteiger partial charge in [-0.3, -0.25) is 9.11 Å². The van der Waals surface area contributed by atoms with Crippen LogP contribution in [0.4, 0.5) is 0 Å². The van der Waals surface area contributed by atoms with Crippen molar-refractivity contribution in [2.45, 2.75) is 0 Å². The van der Waals surface area contributed by atoms with Gasteiger partial charge < -0.3 is 11.0 Å². The molecule has 0 aromatic carbocycles. The number of hydrogen-bond donors (Lipinski definition) is 2. The Morgan fingerprint density at radius 2 is 1.00 bits per heavy atom. The van der Waals surface area contributed by atoms with Crippen molar-refractivity contribution < 1.29 is 54.7 Å². The average molecular weight is 225 g/mol. The van der Waals surface area contributed by atoms with Gasteiger partial charge in [-0.05, 0) is 0 Å². The van der Waals surface area contributed by atoms with Crippen LogP contribution in [0.3, 0.4) is 0 Å². The normalized spacial score (nSPS) is 7.25. The summed E-state index contributed by atoms with van der Waals surface area (Å²) in [4.78, 5) is 0. The Morgan fingerprint density at radius 3 is 1.00 bits per heavy atom. The van der Waals surface area contributed by atoms with Crippen molar-refractivity contribution in [3.8, 4) is 0 Å². The first-order valence-electron chi connectivity index (χ1n) is 0.698. The van der Waals surface area contributed by atoms with Crippen LogP contribution in [-0.2, 0) is 36.6 Å². The molecule has 52 valence electrons. The summed E-state index contributed by atoms with van der Waals surface area (Å²) in [5.41, 5.74) is 0. The molecule has 0 spiro atoms. The fraction of sp³-hybridized carbons (Fsp3) is 0. The molecule has 0 fully saturated rings. The molecular formula is H6O6SZr. The Morgan fingerprint density at radius 1 is 1.00 bits per heavy atom. The fourth-order valence-electron chi connectivity index (χ4n) is 0. The molecule has 0 heterocycles. The van der Waals surface area contributed by atoms with Gasteiger partial charge in [0.05, 0.1) is 0 Å². The summed E-state index contributed by atoms with van der Waals surface area (Å²) >= 11 is 0. The van der Waals surface area contributed by atoms with Crippen LogP contribution < -0.4 is 0 Å². The van der Waals surface area contributed by atoms with Gasteiger partial charge in [0.15, 0.2) is 0 Å². The van der Waals surface area contributed by atoms with Gasteiger partial charge in [0.1, 0.15) is 0 Å². The van der Waals surface area contributed by atoms with E-state index in [1.165, 1.54) is 0 Å². The third-order valence-corrected chi connectivity index (χ3v) is 0. The van der Waals surface area contributed by atoms with Crippen LogP contribution in [0.25, 0.3) is 0 Å². The van der Waals surface area contributed by atoms with Crippen LogP contribution in [0.2, 0.25) is 0 Å². The van der Waals surface area contributed by atoms with Crippen molar-refractivity contribution in [2.24, 2.45) is 0 Å². The van der Waals surface area contributed by atoms with Gasteiger partial charge in [0.25, 0.3) is 0 Å². The minimum atomic E-state index is -4.67. The predicted molar refractivity (Wildman–Crippen MR) is 21.4 cm³/mol. The Hall–Kier alpha value is 0.673. The van der Waals surface area contributed by atoms with Crippen LogP contribution in [0.1, 0.15) is 0 Å². The maximum absolute atomic E-state index is 8.74. The molecule has 6 N–H and O–H groups in total. The first-order valence-corrected chi connectivity index (χ1v) is 2.10. The molecule has 0 bridgehead atoms. The second-order valence-electron chi connectivity index (χ2n) is 0.448. The van der Waals surface area contributed by atoms with Gasteiger partial charge in [-0.25, -0.2) is 0 Å². The molecular weight excluding hydrogens is 219 g/mol. The molecule has 0 rings (SSSR count). The van der Waals surface area contributed by atoms with Crippen molar-refractivity contribution in [2.75, 3.05) is 0 Å². The molecule has 0 saturated carbocycles. The summed E-state index contributed by atoms with van der Waals surface area (Å²) in [5, 5.41) is 0. The predicted octanol–water partition coefficient (Wildman–Crippen LogP) is -2.30. The molecule has 0 aliphatic carbocycles. The molecule has 8 heteroatoms. The van der Waals surface area contributed by atoms with Crippen LogP contribution in [0.5, 0.6) is 0 Å². The molecule has 0 aromatic rings. The van der Waals surface area contributed by atoms with Crippen LogP contribution in [-0.4, -0.2) is 28.5 Å². The second kappa shape index (κ2) is 7.67. The van der Waals surface area contributed by atoms with E-state index >= 15 is 0 Å². The van der Waals surface area contributed by atoms with E-state index in [9.17, 15) is 0 Å². The van der Waals surface area contributed by atoms with Crippen LogP contribution >= 0.6 is 0 Å². The summed E-state index contributed by atoms with van der Waals surface area (Å²) in [6.45, 7) is 0. The topological polar surface area (TPSA) is 138 Å². The maximum Gasteiger partial charge on any atom is 0.394 e. The summed E-state index contributed by atoms with van der Waals surface area (Å²) < 4.78 is 31.6. The van der Waals surface area contributed by atoms with E-state index < -0.39 is 10.4 Å². The zero-order chi connectivity index (χ0) is 4.50. The minimum absolute atomic E-state index is 0. The average Bonchev–Trinajstić information content (AvgIpc) is 0.722. The number of hydrogen-bond acceptors (Lipinski definition) is 2. The molecule has 0 aliphatic heterocycles. The van der Waals surface area contributed by atoms with Gasteiger partial charge in [-0.2, -0.15) is 8.42 Å². The van der Waals surface area contributed by atoms with E-state index in [4.69, 9.17) is 17.5 Å². The van der Waals surface area contributed by atoms with E-state index in [2.05, 4.69) is 0 Å². The van der Waals surface area contributed by atoms with Crippen molar-refractivity contribution >= 4 is 10.4 Å². The van der Waals surface area contributed by atoms with E-state index in [1.54, 1.807) is 0 Å². The van der Waals surface area contributed by atoms with E-state index in [0.29, 0.717) is 0 Å². The van der Waals surface area contributed by atoms with E-state index in [1.807, 2.05) is 0 Å². The Balaban J connectivity index is -0.0000000267. The van der Waals surface area contributed by atoms with Gasteiger partial charge in [0, 0.05) is 26.2 Å². The van der Waals surface area contributed by atoms with Gasteiger partial charge in [0.2, 0.25) is 0 Å². The Labute approximate surface area is 65.2 Å². The van der Waals surface area contributed by atoms with Crippen molar-refractivity contribution in [3.05, 3.63) is 0 Å². The van der Waals surface area contributed by atoms with Gasteiger partial charge in [-0.15, -0.1) is 0 Å². The third-order valence-electron chi connectivity index (χ3n) is 0. The minimum Gasteiger partial charge on any atom is -0.412 e. The SMILES string of the molecule is O.O.O=S(=O)(O)O.[Zr]. The Bertz CT molecular complexity index is 91.7. The largest absolute Gasteiger partial charge is 0.412 e. The summed E-state index contributed by atoms with van der Waals surface area (Å²) in [6, 6.07) is 0. The molecule has 6 nitrogen and oxygen atoms in total. The first kappa shape index (κ1) is 23.4. The van der Waals surface area contributed by atoms with Crippen molar-refractivity contribution in [3.63, 3.8) is 0 Å². The molecule has 0 aromatic heterocycles. The van der Waals surface area contributed by atoms with Gasteiger partial charge >= 0.3 is 10.4 Å². The molecule has 0 unspecified atom stereocenters. The summed E-state index contributed by atoms with van der Waals surface area (Å²) in [7, 11) is -4.67. The standard InChI is InChI=1S/H2O4S.2H2O.Zr/c1-5(2,3)4;;;/h(H2,1,2,3,4);2*1H2;. The van der Waals surface area contributed by atoms with Crippen molar-refractivity contribution in [1.82, 2.24) is 0 Å². The smallest absolute Gasteiger partial charge is 0.394 e. The second-order valence-corrected chi connectivity index (χ2v) is 1.34. The molecule has 0 aliphatic rings. The zero-order valence-electron chi connectivity index (χ0n) is 3.62. The monoisotopic (exact) mass is 224 g/mol. The fourth-order valence-corrected chi connectivity index (χ4v) is 0. The van der Waals surface area contributed by atoms with Crippen LogP contribution in [0, 0.1) is 0 Å². The molecule has 0 amide bonds. The Kier molecular flexibility index (Phi) is 22.4. The maximum atomic E-state index is 8.74. The molecule has 0 atom stereocenters. The molecule has 0 radical (unpaired) electrons. The van der Waals surface area contributed by atoms with Crippen molar-refractivity contribution in [1.29, 1.82) is 0 Å². The van der Waals surface area contributed by atoms with E-state index in [0.717, 1.165) is 0 Å². The first-order chi connectivity index (χ1) is 2.00. The van der Waals surface area contributed by atoms with Gasteiger partial charge in [-0.1, -0.05) is 0 Å². The zero-order valence-corrected chi connectivity index (χ0v) is 6.89. The summed E-state index contributed by atoms with van der Waals surface area (Å²) in [6.07, 6.45) is 0. The third kappa shape index (κ3) is 474. The molecule has 8 heavy (non-hydrogen) atoms. The van der Waals surface area contributed by atoms with Crippen LogP contribution in [0.15, 0.2) is 0 Å². The number of rotatable bonds is 0. The summed E-state index contributed by atoms with van der Waals surface area (Å²) in [5.74, 6) is 0. The molecule has 0 saturated heterocycles. The van der Waals surface area contributed by atoms with E-state index in [-0.39, 0.29) is 37.2 Å².